The van der Waals surface area contributed by atoms with E-state index in [1.807, 2.05) is 13.0 Å². The summed E-state index contributed by atoms with van der Waals surface area (Å²) in [5.41, 5.74) is 2.13. The van der Waals surface area contributed by atoms with Crippen LogP contribution in [-0.2, 0) is 15.9 Å². The zero-order valence-electron chi connectivity index (χ0n) is 16.0. The van der Waals surface area contributed by atoms with Gasteiger partial charge in [0, 0.05) is 46.6 Å². The molecule has 1 aromatic carbocycles. The molecule has 0 spiro atoms. The van der Waals surface area contributed by atoms with Crippen LogP contribution in [0.3, 0.4) is 0 Å². The third-order valence-corrected chi connectivity index (χ3v) is 4.67. The SMILES string of the molecule is CN=C(NCCCOCC1CCOCC1)NCCc1ccc(F)cc1C. The summed E-state index contributed by atoms with van der Waals surface area (Å²) in [7, 11) is 1.76. The summed E-state index contributed by atoms with van der Waals surface area (Å²) in [6, 6.07) is 4.93. The first-order valence-corrected chi connectivity index (χ1v) is 9.54. The standard InChI is InChI=1S/C20H32FN3O2/c1-16-14-19(21)5-4-18(16)6-10-24-20(22-2)23-9-3-11-26-15-17-7-12-25-13-8-17/h4-5,14,17H,3,6-13,15H2,1-2H3,(H2,22,23,24). The quantitative estimate of drug-likeness (QED) is 0.401. The minimum Gasteiger partial charge on any atom is -0.381 e. The highest BCUT2D eigenvalue weighted by Crippen LogP contribution is 2.14. The Hall–Kier alpha value is -1.66. The van der Waals surface area contributed by atoms with E-state index >= 15 is 0 Å². The number of rotatable bonds is 9. The summed E-state index contributed by atoms with van der Waals surface area (Å²) in [4.78, 5) is 4.23. The lowest BCUT2D eigenvalue weighted by molar-refractivity contribution is 0.0203. The summed E-state index contributed by atoms with van der Waals surface area (Å²) in [6.07, 6.45) is 4.01. The molecule has 2 rings (SSSR count). The summed E-state index contributed by atoms with van der Waals surface area (Å²) < 4.78 is 24.2. The Labute approximate surface area is 156 Å². The van der Waals surface area contributed by atoms with Gasteiger partial charge < -0.3 is 20.1 Å². The molecule has 1 aliphatic rings. The van der Waals surface area contributed by atoms with E-state index in [2.05, 4.69) is 15.6 Å². The first kappa shape index (κ1) is 20.6. The van der Waals surface area contributed by atoms with E-state index in [0.29, 0.717) is 5.92 Å². The lowest BCUT2D eigenvalue weighted by Gasteiger charge is -2.21. The smallest absolute Gasteiger partial charge is 0.190 e. The highest BCUT2D eigenvalue weighted by Gasteiger charge is 2.13. The van der Waals surface area contributed by atoms with Crippen LogP contribution >= 0.6 is 0 Å². The molecule has 0 atom stereocenters. The molecule has 26 heavy (non-hydrogen) atoms. The van der Waals surface area contributed by atoms with Gasteiger partial charge in [-0.1, -0.05) is 6.07 Å². The van der Waals surface area contributed by atoms with Gasteiger partial charge in [0.05, 0.1) is 0 Å². The molecule has 2 N–H and O–H groups in total. The number of nitrogens with zero attached hydrogens (tertiary/aromatic N) is 1. The largest absolute Gasteiger partial charge is 0.381 e. The number of nitrogens with one attached hydrogen (secondary N) is 2. The lowest BCUT2D eigenvalue weighted by Crippen LogP contribution is -2.39. The van der Waals surface area contributed by atoms with E-state index in [1.54, 1.807) is 13.1 Å². The molecule has 0 bridgehead atoms. The molecule has 146 valence electrons. The molecular formula is C20H32FN3O2. The van der Waals surface area contributed by atoms with Gasteiger partial charge in [0.25, 0.3) is 0 Å². The van der Waals surface area contributed by atoms with Crippen LogP contribution in [0, 0.1) is 18.7 Å². The first-order chi connectivity index (χ1) is 12.7. The fourth-order valence-corrected chi connectivity index (χ4v) is 3.02. The van der Waals surface area contributed by atoms with Crippen LogP contribution < -0.4 is 10.6 Å². The van der Waals surface area contributed by atoms with E-state index in [4.69, 9.17) is 9.47 Å². The van der Waals surface area contributed by atoms with Crippen LogP contribution in [0.5, 0.6) is 0 Å². The van der Waals surface area contributed by atoms with Crippen LogP contribution in [0.25, 0.3) is 0 Å². The van der Waals surface area contributed by atoms with Crippen molar-refractivity contribution < 1.29 is 13.9 Å². The van der Waals surface area contributed by atoms with E-state index in [9.17, 15) is 4.39 Å². The van der Waals surface area contributed by atoms with E-state index in [1.165, 1.54) is 6.07 Å². The molecular weight excluding hydrogens is 333 g/mol. The van der Waals surface area contributed by atoms with Crippen molar-refractivity contribution in [2.24, 2.45) is 10.9 Å². The maximum Gasteiger partial charge on any atom is 0.190 e. The average molecular weight is 365 g/mol. The molecule has 5 nitrogen and oxygen atoms in total. The van der Waals surface area contributed by atoms with Gasteiger partial charge >= 0.3 is 0 Å². The molecule has 6 heteroatoms. The highest BCUT2D eigenvalue weighted by molar-refractivity contribution is 5.79. The monoisotopic (exact) mass is 365 g/mol. The second kappa shape index (κ2) is 11.9. The maximum atomic E-state index is 13.1. The topological polar surface area (TPSA) is 54.9 Å². The number of aryl methyl sites for hydroxylation is 1. The average Bonchev–Trinajstić information content (AvgIpc) is 2.65. The lowest BCUT2D eigenvalue weighted by atomic mass is 10.0. The number of guanidine groups is 1. The van der Waals surface area contributed by atoms with Crippen molar-refractivity contribution in [1.29, 1.82) is 0 Å². The number of ether oxygens (including phenoxy) is 2. The van der Waals surface area contributed by atoms with Gasteiger partial charge in [-0.25, -0.2) is 4.39 Å². The van der Waals surface area contributed by atoms with Crippen LogP contribution in [0.4, 0.5) is 4.39 Å². The Kier molecular flexibility index (Phi) is 9.42. The van der Waals surface area contributed by atoms with Crippen molar-refractivity contribution in [2.45, 2.75) is 32.6 Å². The van der Waals surface area contributed by atoms with Crippen molar-refractivity contribution in [3.05, 3.63) is 35.1 Å². The molecule has 1 heterocycles. The number of hydrogen-bond donors (Lipinski definition) is 2. The summed E-state index contributed by atoms with van der Waals surface area (Å²) in [6.45, 7) is 6.86. The number of halogens is 1. The van der Waals surface area contributed by atoms with Crippen LogP contribution in [0.15, 0.2) is 23.2 Å². The first-order valence-electron chi connectivity index (χ1n) is 9.54. The Balaban J connectivity index is 1.53. The molecule has 1 aliphatic heterocycles. The van der Waals surface area contributed by atoms with Gasteiger partial charge in [-0.05, 0) is 61.8 Å². The molecule has 0 unspecified atom stereocenters. The van der Waals surface area contributed by atoms with E-state index < -0.39 is 0 Å². The second-order valence-electron chi connectivity index (χ2n) is 6.73. The Morgan fingerprint density at radius 2 is 2.04 bits per heavy atom. The van der Waals surface area contributed by atoms with Crippen LogP contribution in [-0.4, -0.2) is 52.5 Å². The minimum absolute atomic E-state index is 0.185. The third-order valence-electron chi connectivity index (χ3n) is 4.67. The van der Waals surface area contributed by atoms with Gasteiger partial charge in [0.2, 0.25) is 0 Å². The zero-order chi connectivity index (χ0) is 18.6. The summed E-state index contributed by atoms with van der Waals surface area (Å²) in [5.74, 6) is 1.26. The Morgan fingerprint density at radius 1 is 1.27 bits per heavy atom. The Morgan fingerprint density at radius 3 is 2.77 bits per heavy atom. The van der Waals surface area contributed by atoms with Crippen LogP contribution in [0.2, 0.25) is 0 Å². The van der Waals surface area contributed by atoms with E-state index in [0.717, 1.165) is 82.3 Å². The Bertz CT molecular complexity index is 560. The molecule has 1 fully saturated rings. The predicted molar refractivity (Wildman–Crippen MR) is 103 cm³/mol. The maximum absolute atomic E-state index is 13.1. The minimum atomic E-state index is -0.185. The fraction of sp³-hybridized carbons (Fsp3) is 0.650. The zero-order valence-corrected chi connectivity index (χ0v) is 16.0. The van der Waals surface area contributed by atoms with E-state index in [-0.39, 0.29) is 5.82 Å². The van der Waals surface area contributed by atoms with Gasteiger partial charge in [-0.3, -0.25) is 4.99 Å². The van der Waals surface area contributed by atoms with Crippen LogP contribution in [0.1, 0.15) is 30.4 Å². The second-order valence-corrected chi connectivity index (χ2v) is 6.73. The van der Waals surface area contributed by atoms with Crippen molar-refractivity contribution in [3.8, 4) is 0 Å². The molecule has 0 amide bonds. The number of aliphatic imine (C=N–C) groups is 1. The van der Waals surface area contributed by atoms with Gasteiger partial charge in [0.15, 0.2) is 5.96 Å². The fourth-order valence-electron chi connectivity index (χ4n) is 3.02. The van der Waals surface area contributed by atoms with Gasteiger partial charge in [0.1, 0.15) is 5.82 Å². The van der Waals surface area contributed by atoms with Crippen molar-refractivity contribution in [2.75, 3.05) is 46.6 Å². The molecule has 1 aromatic rings. The number of benzene rings is 1. The third kappa shape index (κ3) is 7.70. The number of hydrogen-bond acceptors (Lipinski definition) is 3. The molecule has 0 radical (unpaired) electrons. The predicted octanol–water partition coefficient (Wildman–Crippen LogP) is 2.67. The van der Waals surface area contributed by atoms with Gasteiger partial charge in [-0.15, -0.1) is 0 Å². The highest BCUT2D eigenvalue weighted by atomic mass is 19.1. The summed E-state index contributed by atoms with van der Waals surface area (Å²) in [5, 5.41) is 6.59. The normalized spacial score (nSPS) is 15.9. The molecule has 0 aliphatic carbocycles. The molecule has 0 aromatic heterocycles. The van der Waals surface area contributed by atoms with Crippen molar-refractivity contribution >= 4 is 5.96 Å². The molecule has 0 saturated carbocycles. The summed E-state index contributed by atoms with van der Waals surface area (Å²) >= 11 is 0. The van der Waals surface area contributed by atoms with Crippen molar-refractivity contribution in [3.63, 3.8) is 0 Å². The van der Waals surface area contributed by atoms with Gasteiger partial charge in [-0.2, -0.15) is 0 Å². The molecule has 1 saturated heterocycles. The van der Waals surface area contributed by atoms with Crippen molar-refractivity contribution in [1.82, 2.24) is 10.6 Å².